The van der Waals surface area contributed by atoms with Crippen LogP contribution >= 0.6 is 0 Å². The van der Waals surface area contributed by atoms with Gasteiger partial charge in [-0.3, -0.25) is 4.79 Å². The number of carbonyl (C=O) groups excluding carboxylic acids is 1. The number of nitrogens with zero attached hydrogens (tertiary/aromatic N) is 1. The summed E-state index contributed by atoms with van der Waals surface area (Å²) in [6, 6.07) is 11.3. The minimum Gasteiger partial charge on any atom is -0.395 e. The van der Waals surface area contributed by atoms with Crippen molar-refractivity contribution in [3.8, 4) is 11.5 Å². The van der Waals surface area contributed by atoms with Gasteiger partial charge in [0.2, 0.25) is 5.91 Å². The van der Waals surface area contributed by atoms with Crippen molar-refractivity contribution in [2.24, 2.45) is 0 Å². The molecule has 1 atom stereocenters. The second-order valence-corrected chi connectivity index (χ2v) is 6.83. The molecule has 0 saturated carbocycles. The number of carbonyl (C=O) groups is 1. The molecule has 2 aliphatic rings. The summed E-state index contributed by atoms with van der Waals surface area (Å²) in [7, 11) is 0. The topological polar surface area (TPSA) is 72.1 Å². The summed E-state index contributed by atoms with van der Waals surface area (Å²) in [4.78, 5) is 14.7. The van der Waals surface area contributed by atoms with E-state index in [-0.39, 0.29) is 17.4 Å². The maximum absolute atomic E-state index is 13.1. The monoisotopic (exact) mass is 405 g/mol. The van der Waals surface area contributed by atoms with E-state index >= 15 is 0 Å². The zero-order valence-corrected chi connectivity index (χ0v) is 15.8. The number of alkyl halides is 2. The van der Waals surface area contributed by atoms with Crippen LogP contribution in [0, 0.1) is 0 Å². The summed E-state index contributed by atoms with van der Waals surface area (Å²) in [6.45, 7) is 4.78. The lowest BCUT2D eigenvalue weighted by Crippen LogP contribution is -2.36. The minimum absolute atomic E-state index is 0.0435. The van der Waals surface area contributed by atoms with Crippen molar-refractivity contribution < 1.29 is 27.8 Å². The van der Waals surface area contributed by atoms with Gasteiger partial charge in [-0.15, -0.1) is 8.78 Å². The molecule has 0 aromatic heterocycles. The number of rotatable bonds is 5. The minimum atomic E-state index is -3.67. The van der Waals surface area contributed by atoms with Gasteiger partial charge in [-0.05, 0) is 43.3 Å². The predicted molar refractivity (Wildman–Crippen MR) is 104 cm³/mol. The van der Waals surface area contributed by atoms with Crippen LogP contribution in [0.25, 0.3) is 0 Å². The Morgan fingerprint density at radius 1 is 1.03 bits per heavy atom. The van der Waals surface area contributed by atoms with Gasteiger partial charge < -0.3 is 29.7 Å². The summed E-state index contributed by atoms with van der Waals surface area (Å²) in [5.74, 6) is -0.378. The highest BCUT2D eigenvalue weighted by Crippen LogP contribution is 2.42. The third kappa shape index (κ3) is 4.51. The Kier molecular flexibility index (Phi) is 5.14. The van der Waals surface area contributed by atoms with Crippen LogP contribution in [0.3, 0.4) is 0 Å². The third-order valence-electron chi connectivity index (χ3n) is 4.69. The van der Waals surface area contributed by atoms with Crippen molar-refractivity contribution in [2.45, 2.75) is 19.3 Å². The maximum atomic E-state index is 13.1. The Balaban J connectivity index is 1.34. The second-order valence-electron chi connectivity index (χ2n) is 6.83. The Labute approximate surface area is 166 Å². The molecule has 1 unspecified atom stereocenters. The van der Waals surface area contributed by atoms with E-state index in [9.17, 15) is 13.6 Å². The van der Waals surface area contributed by atoms with E-state index < -0.39 is 12.3 Å². The molecule has 154 valence electrons. The number of amides is 1. The molecule has 9 heteroatoms. The van der Waals surface area contributed by atoms with E-state index in [1.165, 1.54) is 12.1 Å². The van der Waals surface area contributed by atoms with E-state index in [2.05, 4.69) is 25.0 Å². The maximum Gasteiger partial charge on any atom is 0.586 e. The van der Waals surface area contributed by atoms with Crippen LogP contribution in [0.1, 0.15) is 6.92 Å². The molecule has 0 spiro atoms. The van der Waals surface area contributed by atoms with Gasteiger partial charge in [0.05, 0.1) is 13.2 Å². The quantitative estimate of drug-likeness (QED) is 0.796. The first kappa shape index (κ1) is 19.3. The number of fused-ring (bicyclic) bond motifs is 1. The highest BCUT2D eigenvalue weighted by atomic mass is 19.3. The molecule has 2 heterocycles. The number of anilines is 3. The van der Waals surface area contributed by atoms with E-state index in [1.807, 2.05) is 24.3 Å². The van der Waals surface area contributed by atoms with Crippen molar-refractivity contribution in [2.75, 3.05) is 41.8 Å². The second kappa shape index (κ2) is 7.75. The predicted octanol–water partition coefficient (Wildman–Crippen LogP) is 3.28. The molecule has 1 fully saturated rings. The zero-order chi connectivity index (χ0) is 20.4. The molecule has 2 aliphatic heterocycles. The number of ether oxygens (including phenoxy) is 3. The van der Waals surface area contributed by atoms with Crippen molar-refractivity contribution in [1.29, 1.82) is 0 Å². The number of hydrogen-bond donors (Lipinski definition) is 2. The van der Waals surface area contributed by atoms with Gasteiger partial charge in [-0.1, -0.05) is 0 Å². The first-order valence-corrected chi connectivity index (χ1v) is 9.30. The molecule has 0 radical (unpaired) electrons. The number of benzene rings is 2. The van der Waals surface area contributed by atoms with Gasteiger partial charge in [0, 0.05) is 36.2 Å². The Hall–Kier alpha value is -3.07. The molecule has 29 heavy (non-hydrogen) atoms. The Morgan fingerprint density at radius 3 is 2.41 bits per heavy atom. The van der Waals surface area contributed by atoms with Gasteiger partial charge >= 0.3 is 6.29 Å². The fourth-order valence-corrected chi connectivity index (χ4v) is 3.18. The SMILES string of the molecule is CC(Nc1ccc2c(c1)OC(F)(F)O2)C(=O)Nc1ccc(N2CCOCC2)cc1. The first-order chi connectivity index (χ1) is 13.9. The molecular formula is C20H21F2N3O4. The lowest BCUT2D eigenvalue weighted by atomic mass is 10.2. The molecule has 1 amide bonds. The molecule has 1 saturated heterocycles. The van der Waals surface area contributed by atoms with Crippen LogP contribution in [-0.4, -0.2) is 44.5 Å². The van der Waals surface area contributed by atoms with Crippen LogP contribution < -0.4 is 25.0 Å². The molecule has 2 N–H and O–H groups in total. The van der Waals surface area contributed by atoms with Gasteiger partial charge in [0.15, 0.2) is 11.5 Å². The molecule has 7 nitrogen and oxygen atoms in total. The molecule has 0 aliphatic carbocycles. The molecule has 0 bridgehead atoms. The van der Waals surface area contributed by atoms with Gasteiger partial charge in [-0.2, -0.15) is 0 Å². The largest absolute Gasteiger partial charge is 0.586 e. The summed E-state index contributed by atoms with van der Waals surface area (Å²) in [5.41, 5.74) is 2.22. The number of morpholine rings is 1. The zero-order valence-electron chi connectivity index (χ0n) is 15.8. The van der Waals surface area contributed by atoms with Crippen LogP contribution in [0.5, 0.6) is 11.5 Å². The van der Waals surface area contributed by atoms with Crippen LogP contribution in [0.4, 0.5) is 25.8 Å². The van der Waals surface area contributed by atoms with Gasteiger partial charge in [0.25, 0.3) is 0 Å². The standard InChI is InChI=1S/C20H21F2N3O4/c1-13(23-15-4-7-17-18(12-15)29-20(21,22)28-17)19(26)24-14-2-5-16(6-3-14)25-8-10-27-11-9-25/h2-7,12-13,23H,8-11H2,1H3,(H,24,26). The summed E-state index contributed by atoms with van der Waals surface area (Å²) in [6.07, 6.45) is -3.67. The Bertz CT molecular complexity index is 886. The lowest BCUT2D eigenvalue weighted by molar-refractivity contribution is -0.286. The molecule has 2 aromatic rings. The number of halogens is 2. The van der Waals surface area contributed by atoms with Crippen molar-refractivity contribution in [3.63, 3.8) is 0 Å². The highest BCUT2D eigenvalue weighted by Gasteiger charge is 2.43. The highest BCUT2D eigenvalue weighted by molar-refractivity contribution is 5.96. The summed E-state index contributed by atoms with van der Waals surface area (Å²) < 4.78 is 40.4. The Morgan fingerprint density at radius 2 is 1.69 bits per heavy atom. The van der Waals surface area contributed by atoms with E-state index in [0.717, 1.165) is 18.8 Å². The third-order valence-corrected chi connectivity index (χ3v) is 4.69. The van der Waals surface area contributed by atoms with Crippen LogP contribution in [0.2, 0.25) is 0 Å². The summed E-state index contributed by atoms with van der Waals surface area (Å²) in [5, 5.41) is 5.80. The van der Waals surface area contributed by atoms with Gasteiger partial charge in [0.1, 0.15) is 6.04 Å². The van der Waals surface area contributed by atoms with Crippen molar-refractivity contribution >= 4 is 23.0 Å². The number of nitrogens with one attached hydrogen (secondary N) is 2. The first-order valence-electron chi connectivity index (χ1n) is 9.30. The van der Waals surface area contributed by atoms with E-state index in [0.29, 0.717) is 24.6 Å². The summed E-state index contributed by atoms with van der Waals surface area (Å²) >= 11 is 0. The fraction of sp³-hybridized carbons (Fsp3) is 0.350. The molecule has 4 rings (SSSR count). The van der Waals surface area contributed by atoms with Crippen molar-refractivity contribution in [1.82, 2.24) is 0 Å². The van der Waals surface area contributed by atoms with Gasteiger partial charge in [-0.25, -0.2) is 0 Å². The fourth-order valence-electron chi connectivity index (χ4n) is 3.18. The normalized spacial score (nSPS) is 18.2. The average Bonchev–Trinajstić information content (AvgIpc) is 3.02. The van der Waals surface area contributed by atoms with E-state index in [1.54, 1.807) is 13.0 Å². The van der Waals surface area contributed by atoms with Crippen molar-refractivity contribution in [3.05, 3.63) is 42.5 Å². The van der Waals surface area contributed by atoms with Crippen LogP contribution in [-0.2, 0) is 9.53 Å². The smallest absolute Gasteiger partial charge is 0.395 e. The number of hydrogen-bond acceptors (Lipinski definition) is 6. The molecule has 2 aromatic carbocycles. The lowest BCUT2D eigenvalue weighted by Gasteiger charge is -2.29. The van der Waals surface area contributed by atoms with E-state index in [4.69, 9.17) is 4.74 Å². The van der Waals surface area contributed by atoms with Crippen LogP contribution in [0.15, 0.2) is 42.5 Å². The average molecular weight is 405 g/mol. The molecular weight excluding hydrogens is 384 g/mol.